The minimum atomic E-state index is -0.585. The molecular weight excluding hydrogens is 415 g/mol. The van der Waals surface area contributed by atoms with E-state index in [-0.39, 0.29) is 11.6 Å². The summed E-state index contributed by atoms with van der Waals surface area (Å²) in [7, 11) is 0. The second-order valence-corrected chi connectivity index (χ2v) is 6.84. The summed E-state index contributed by atoms with van der Waals surface area (Å²) in [5.41, 5.74) is 1.77. The van der Waals surface area contributed by atoms with Gasteiger partial charge in [-0.25, -0.2) is 9.97 Å². The Morgan fingerprint density at radius 3 is 2.93 bits per heavy atom. The number of pyridine rings is 2. The summed E-state index contributed by atoms with van der Waals surface area (Å²) in [6.07, 6.45) is 4.36. The van der Waals surface area contributed by atoms with Gasteiger partial charge in [0.25, 0.3) is 5.91 Å². The van der Waals surface area contributed by atoms with E-state index in [4.69, 9.17) is 0 Å². The zero-order valence-corrected chi connectivity index (χ0v) is 16.1. The number of anilines is 1. The van der Waals surface area contributed by atoms with Crippen LogP contribution in [0.2, 0.25) is 0 Å². The fourth-order valence-electron chi connectivity index (χ4n) is 2.46. The first-order valence-electron chi connectivity index (χ1n) is 8.33. The van der Waals surface area contributed by atoms with Gasteiger partial charge in [-0.1, -0.05) is 22.0 Å². The van der Waals surface area contributed by atoms with E-state index < -0.39 is 12.0 Å². The van der Waals surface area contributed by atoms with Crippen molar-refractivity contribution in [1.29, 1.82) is 0 Å². The first kappa shape index (κ1) is 19.0. The minimum Gasteiger partial charge on any atom is -0.370 e. The van der Waals surface area contributed by atoms with E-state index in [2.05, 4.69) is 46.7 Å². The van der Waals surface area contributed by atoms with Crippen LogP contribution in [0.3, 0.4) is 0 Å². The van der Waals surface area contributed by atoms with Crippen molar-refractivity contribution in [2.24, 2.45) is 0 Å². The highest BCUT2D eigenvalue weighted by Gasteiger charge is 2.15. The molecule has 3 rings (SSSR count). The summed E-state index contributed by atoms with van der Waals surface area (Å²) in [6, 6.07) is 7.44. The quantitative estimate of drug-likeness (QED) is 0.498. The van der Waals surface area contributed by atoms with Crippen LogP contribution < -0.4 is 10.6 Å². The van der Waals surface area contributed by atoms with Crippen molar-refractivity contribution >= 4 is 27.7 Å². The van der Waals surface area contributed by atoms with Crippen LogP contribution in [-0.2, 0) is 6.42 Å². The summed E-state index contributed by atoms with van der Waals surface area (Å²) in [4.78, 5) is 20.7. The van der Waals surface area contributed by atoms with Gasteiger partial charge in [0.2, 0.25) is 5.95 Å². The van der Waals surface area contributed by atoms with Crippen molar-refractivity contribution in [1.82, 2.24) is 25.5 Å². The maximum absolute atomic E-state index is 13.3. The van der Waals surface area contributed by atoms with E-state index in [1.165, 1.54) is 6.07 Å². The van der Waals surface area contributed by atoms with E-state index in [0.717, 1.165) is 16.5 Å². The molecular formula is C18H18BrFN6O. The summed E-state index contributed by atoms with van der Waals surface area (Å²) in [6.45, 7) is 2.38. The lowest BCUT2D eigenvalue weighted by atomic mass is 10.2. The monoisotopic (exact) mass is 432 g/mol. The van der Waals surface area contributed by atoms with E-state index in [1.54, 1.807) is 37.4 Å². The Bertz CT molecular complexity index is 918. The molecule has 0 saturated heterocycles. The van der Waals surface area contributed by atoms with Gasteiger partial charge in [0.1, 0.15) is 11.5 Å². The lowest BCUT2D eigenvalue weighted by molar-refractivity contribution is 0.0934. The van der Waals surface area contributed by atoms with Gasteiger partial charge in [-0.3, -0.25) is 9.89 Å². The molecule has 0 aliphatic rings. The highest BCUT2D eigenvalue weighted by molar-refractivity contribution is 9.10. The maximum atomic E-state index is 13.3. The number of aromatic amines is 1. The second kappa shape index (κ2) is 8.72. The van der Waals surface area contributed by atoms with E-state index in [0.29, 0.717) is 18.1 Å². The number of carbonyl (C=O) groups excluding carboxylic acids is 1. The average Bonchev–Trinajstić information content (AvgIpc) is 3.14. The highest BCUT2D eigenvalue weighted by Crippen LogP contribution is 2.17. The molecule has 0 saturated carbocycles. The number of carbonyl (C=O) groups is 1. The third-order valence-electron chi connectivity index (χ3n) is 3.83. The Balaban J connectivity index is 1.64. The number of hydrogen-bond donors (Lipinski definition) is 3. The van der Waals surface area contributed by atoms with Crippen molar-refractivity contribution in [2.75, 3.05) is 11.9 Å². The molecule has 3 N–H and O–H groups in total. The zero-order chi connectivity index (χ0) is 19.2. The smallest absolute Gasteiger partial charge is 0.270 e. The van der Waals surface area contributed by atoms with E-state index in [1.807, 2.05) is 6.20 Å². The van der Waals surface area contributed by atoms with Gasteiger partial charge in [0.15, 0.2) is 0 Å². The van der Waals surface area contributed by atoms with Crippen LogP contribution in [0.5, 0.6) is 0 Å². The summed E-state index contributed by atoms with van der Waals surface area (Å²) in [5.74, 6) is -0.374. The first-order valence-corrected chi connectivity index (χ1v) is 9.13. The molecule has 0 fully saturated rings. The average molecular weight is 433 g/mol. The summed E-state index contributed by atoms with van der Waals surface area (Å²) in [5, 5.41) is 12.6. The molecule has 7 nitrogen and oxygen atoms in total. The highest BCUT2D eigenvalue weighted by atomic mass is 79.9. The lowest BCUT2D eigenvalue weighted by Crippen LogP contribution is -2.28. The van der Waals surface area contributed by atoms with E-state index in [9.17, 15) is 9.18 Å². The van der Waals surface area contributed by atoms with E-state index >= 15 is 0 Å². The van der Waals surface area contributed by atoms with Crippen LogP contribution >= 0.6 is 15.9 Å². The third-order valence-corrected chi connectivity index (χ3v) is 4.28. The minimum absolute atomic E-state index is 0.249. The third kappa shape index (κ3) is 5.33. The van der Waals surface area contributed by atoms with Crippen LogP contribution in [0, 0.1) is 5.95 Å². The Kier molecular flexibility index (Phi) is 6.12. The van der Waals surface area contributed by atoms with Crippen LogP contribution in [0.15, 0.2) is 47.2 Å². The van der Waals surface area contributed by atoms with Gasteiger partial charge in [-0.05, 0) is 43.2 Å². The number of halogens is 2. The number of hydrogen-bond acceptors (Lipinski definition) is 5. The molecule has 0 bridgehead atoms. The number of rotatable bonds is 7. The second-order valence-electron chi connectivity index (χ2n) is 5.92. The Morgan fingerprint density at radius 2 is 2.19 bits per heavy atom. The predicted molar refractivity (Wildman–Crippen MR) is 103 cm³/mol. The van der Waals surface area contributed by atoms with Crippen molar-refractivity contribution in [3.05, 3.63) is 70.1 Å². The van der Waals surface area contributed by atoms with Gasteiger partial charge in [0.05, 0.1) is 17.9 Å². The Morgan fingerprint density at radius 1 is 1.33 bits per heavy atom. The molecule has 140 valence electrons. The number of H-pyrrole nitrogens is 1. The molecule has 9 heteroatoms. The van der Waals surface area contributed by atoms with Crippen LogP contribution in [0.1, 0.15) is 34.7 Å². The summed E-state index contributed by atoms with van der Waals surface area (Å²) < 4.78 is 14.0. The number of nitrogens with one attached hydrogen (secondary N) is 3. The van der Waals surface area contributed by atoms with Crippen LogP contribution in [0.4, 0.5) is 10.2 Å². The largest absolute Gasteiger partial charge is 0.370 e. The Hall–Kier alpha value is -2.81. The molecule has 3 aromatic heterocycles. The predicted octanol–water partition coefficient (Wildman–Crippen LogP) is 3.25. The molecule has 3 heterocycles. The van der Waals surface area contributed by atoms with Gasteiger partial charge in [0, 0.05) is 17.2 Å². The zero-order valence-electron chi connectivity index (χ0n) is 14.5. The molecule has 0 aliphatic heterocycles. The van der Waals surface area contributed by atoms with Gasteiger partial charge < -0.3 is 10.6 Å². The van der Waals surface area contributed by atoms with Crippen molar-refractivity contribution in [3.8, 4) is 0 Å². The molecule has 3 aromatic rings. The SMILES string of the molecule is CC(NC(=O)c1cc(Br)cc(NCCc2cn[nH]c2)n1)c1cccc(F)n1. The van der Waals surface area contributed by atoms with Crippen LogP contribution in [-0.4, -0.2) is 32.6 Å². The molecule has 1 unspecified atom stereocenters. The molecule has 1 atom stereocenters. The first-order chi connectivity index (χ1) is 13.0. The molecule has 1 amide bonds. The number of nitrogens with zero attached hydrogens (tertiary/aromatic N) is 3. The van der Waals surface area contributed by atoms with Crippen LogP contribution in [0.25, 0.3) is 0 Å². The Labute approximate surface area is 164 Å². The lowest BCUT2D eigenvalue weighted by Gasteiger charge is -2.14. The fourth-order valence-corrected chi connectivity index (χ4v) is 2.90. The van der Waals surface area contributed by atoms with Crippen molar-refractivity contribution in [3.63, 3.8) is 0 Å². The topological polar surface area (TPSA) is 95.6 Å². The number of amides is 1. The molecule has 0 radical (unpaired) electrons. The standard InChI is InChI=1S/C18H18BrFN6O/c1-11(14-3-2-4-16(20)25-14)24-18(27)15-7-13(19)8-17(26-15)21-6-5-12-9-22-23-10-12/h2-4,7-11H,5-6H2,1H3,(H,21,26)(H,22,23)(H,24,27). The van der Waals surface area contributed by atoms with Gasteiger partial charge in [-0.2, -0.15) is 9.49 Å². The summed E-state index contributed by atoms with van der Waals surface area (Å²) >= 11 is 3.40. The molecule has 27 heavy (non-hydrogen) atoms. The van der Waals surface area contributed by atoms with Gasteiger partial charge in [-0.15, -0.1) is 0 Å². The molecule has 0 spiro atoms. The number of aromatic nitrogens is 4. The normalized spacial score (nSPS) is 11.8. The van der Waals surface area contributed by atoms with Crippen molar-refractivity contribution < 1.29 is 9.18 Å². The molecule has 0 aromatic carbocycles. The fraction of sp³-hybridized carbons (Fsp3) is 0.222. The maximum Gasteiger partial charge on any atom is 0.270 e. The van der Waals surface area contributed by atoms with Crippen molar-refractivity contribution in [2.45, 2.75) is 19.4 Å². The molecule has 0 aliphatic carbocycles. The van der Waals surface area contributed by atoms with Gasteiger partial charge >= 0.3 is 0 Å².